The molecule has 0 aromatic heterocycles. The first-order chi connectivity index (χ1) is 9.99. The number of thioether (sulfide) groups is 1. The van der Waals surface area contributed by atoms with Crippen molar-refractivity contribution in [3.8, 4) is 0 Å². The highest BCUT2D eigenvalue weighted by molar-refractivity contribution is 8.00. The topological polar surface area (TPSA) is 69.6 Å². The predicted octanol–water partition coefficient (Wildman–Crippen LogP) is 2.42. The second-order valence-corrected chi connectivity index (χ2v) is 6.66. The van der Waals surface area contributed by atoms with Gasteiger partial charge in [0.2, 0.25) is 0 Å². The zero-order valence-electron chi connectivity index (χ0n) is 12.2. The van der Waals surface area contributed by atoms with Gasteiger partial charge in [-0.25, -0.2) is 9.59 Å². The number of carboxylic acids is 1. The molecule has 2 rings (SSSR count). The maximum atomic E-state index is 12.2. The molecule has 1 fully saturated rings. The molecule has 114 valence electrons. The maximum absolute atomic E-state index is 12.2. The van der Waals surface area contributed by atoms with Crippen LogP contribution in [0.25, 0.3) is 0 Å². The third-order valence-electron chi connectivity index (χ3n) is 3.79. The highest BCUT2D eigenvalue weighted by atomic mass is 32.2. The number of carboxylic acid groups (broad SMARTS) is 1. The fourth-order valence-corrected chi connectivity index (χ4v) is 3.36. The molecule has 2 N–H and O–H groups in total. The van der Waals surface area contributed by atoms with Crippen LogP contribution in [-0.2, 0) is 6.54 Å². The van der Waals surface area contributed by atoms with E-state index in [-0.39, 0.29) is 17.6 Å². The van der Waals surface area contributed by atoms with Crippen LogP contribution in [0, 0.1) is 0 Å². The maximum Gasteiger partial charge on any atom is 0.335 e. The van der Waals surface area contributed by atoms with Crippen LogP contribution in [0.1, 0.15) is 29.8 Å². The van der Waals surface area contributed by atoms with Gasteiger partial charge in [0.15, 0.2) is 0 Å². The van der Waals surface area contributed by atoms with E-state index in [0.717, 1.165) is 17.9 Å². The van der Waals surface area contributed by atoms with E-state index in [2.05, 4.69) is 19.2 Å². The quantitative estimate of drug-likeness (QED) is 0.900. The molecule has 1 aliphatic heterocycles. The Bertz CT molecular complexity index is 518. The average molecular weight is 308 g/mol. The summed E-state index contributed by atoms with van der Waals surface area (Å²) in [6, 6.07) is 6.71. The lowest BCUT2D eigenvalue weighted by Crippen LogP contribution is -2.51. The highest BCUT2D eigenvalue weighted by Crippen LogP contribution is 2.24. The van der Waals surface area contributed by atoms with Gasteiger partial charge in [0.1, 0.15) is 0 Å². The number of rotatable bonds is 3. The molecule has 1 aromatic rings. The lowest BCUT2D eigenvalue weighted by molar-refractivity contribution is 0.0697. The van der Waals surface area contributed by atoms with Crippen LogP contribution in [0.3, 0.4) is 0 Å². The Morgan fingerprint density at radius 2 is 2.00 bits per heavy atom. The van der Waals surface area contributed by atoms with Gasteiger partial charge in [-0.1, -0.05) is 19.1 Å². The Labute approximate surface area is 128 Å². The van der Waals surface area contributed by atoms with E-state index in [0.29, 0.717) is 11.8 Å². The Kier molecular flexibility index (Phi) is 5.12. The Morgan fingerprint density at radius 1 is 1.33 bits per heavy atom. The number of nitrogens with one attached hydrogen (secondary N) is 1. The number of carbonyl (C=O) groups is 2. The molecule has 1 aliphatic rings. The Balaban J connectivity index is 1.90. The smallest absolute Gasteiger partial charge is 0.335 e. The number of amides is 2. The number of urea groups is 1. The van der Waals surface area contributed by atoms with Crippen molar-refractivity contribution in [1.82, 2.24) is 10.2 Å². The molecule has 1 saturated heterocycles. The van der Waals surface area contributed by atoms with Crippen LogP contribution in [-0.4, -0.2) is 45.6 Å². The molecule has 2 unspecified atom stereocenters. The summed E-state index contributed by atoms with van der Waals surface area (Å²) < 4.78 is 0. The van der Waals surface area contributed by atoms with Gasteiger partial charge in [0.25, 0.3) is 0 Å². The van der Waals surface area contributed by atoms with Crippen molar-refractivity contribution in [2.45, 2.75) is 31.7 Å². The highest BCUT2D eigenvalue weighted by Gasteiger charge is 2.28. The van der Waals surface area contributed by atoms with Crippen molar-refractivity contribution < 1.29 is 14.7 Å². The number of benzene rings is 1. The lowest BCUT2D eigenvalue weighted by atomic mass is 10.1. The first kappa shape index (κ1) is 15.7. The first-order valence-electron chi connectivity index (χ1n) is 6.97. The molecule has 21 heavy (non-hydrogen) atoms. The van der Waals surface area contributed by atoms with Gasteiger partial charge in [-0.2, -0.15) is 11.8 Å². The average Bonchev–Trinajstić information content (AvgIpc) is 2.48. The van der Waals surface area contributed by atoms with Crippen LogP contribution >= 0.6 is 11.8 Å². The number of carbonyl (C=O) groups excluding carboxylic acids is 1. The normalized spacial score (nSPS) is 21.9. The summed E-state index contributed by atoms with van der Waals surface area (Å²) in [7, 11) is 0. The van der Waals surface area contributed by atoms with E-state index in [9.17, 15) is 9.59 Å². The van der Waals surface area contributed by atoms with Crippen molar-refractivity contribution >= 4 is 23.8 Å². The molecule has 0 spiro atoms. The number of hydrogen-bond donors (Lipinski definition) is 2. The second kappa shape index (κ2) is 6.85. The number of hydrogen-bond acceptors (Lipinski definition) is 3. The monoisotopic (exact) mass is 308 g/mol. The van der Waals surface area contributed by atoms with Gasteiger partial charge in [-0.15, -0.1) is 0 Å². The summed E-state index contributed by atoms with van der Waals surface area (Å²) in [5.41, 5.74) is 1.14. The number of aromatic carboxylic acids is 1. The molecule has 0 bridgehead atoms. The third-order valence-corrected chi connectivity index (χ3v) is 5.13. The van der Waals surface area contributed by atoms with E-state index >= 15 is 0 Å². The zero-order chi connectivity index (χ0) is 15.4. The minimum absolute atomic E-state index is 0.0584. The molecular weight excluding hydrogens is 288 g/mol. The minimum Gasteiger partial charge on any atom is -0.478 e. The predicted molar refractivity (Wildman–Crippen MR) is 83.7 cm³/mol. The van der Waals surface area contributed by atoms with E-state index in [1.165, 1.54) is 0 Å². The van der Waals surface area contributed by atoms with Gasteiger partial charge in [-0.3, -0.25) is 0 Å². The fraction of sp³-hybridized carbons (Fsp3) is 0.467. The fourth-order valence-electron chi connectivity index (χ4n) is 2.26. The zero-order valence-corrected chi connectivity index (χ0v) is 13.0. The Hall–Kier alpha value is -1.69. The van der Waals surface area contributed by atoms with Gasteiger partial charge in [0.05, 0.1) is 5.56 Å². The van der Waals surface area contributed by atoms with Crippen LogP contribution in [0.15, 0.2) is 24.3 Å². The molecule has 6 heteroatoms. The van der Waals surface area contributed by atoms with Gasteiger partial charge in [0, 0.05) is 30.1 Å². The lowest BCUT2D eigenvalue weighted by Gasteiger charge is -2.37. The standard InChI is InChI=1S/C15H20N2O3S/c1-10-11(2)21-8-7-17(10)15(20)16-9-12-3-5-13(6-4-12)14(18)19/h3-6,10-11H,7-9H2,1-2H3,(H,16,20)(H,18,19). The first-order valence-corrected chi connectivity index (χ1v) is 8.02. The summed E-state index contributed by atoms with van der Waals surface area (Å²) in [6.45, 7) is 5.38. The molecule has 2 amide bonds. The summed E-state index contributed by atoms with van der Waals surface area (Å²) in [5.74, 6) is 0.0193. The van der Waals surface area contributed by atoms with Gasteiger partial charge < -0.3 is 15.3 Å². The van der Waals surface area contributed by atoms with E-state index < -0.39 is 5.97 Å². The summed E-state index contributed by atoms with van der Waals surface area (Å²) in [5, 5.41) is 12.2. The van der Waals surface area contributed by atoms with Crippen LogP contribution < -0.4 is 5.32 Å². The van der Waals surface area contributed by atoms with Crippen LogP contribution in [0.2, 0.25) is 0 Å². The molecule has 0 saturated carbocycles. The molecule has 1 heterocycles. The van der Waals surface area contributed by atoms with Crippen molar-refractivity contribution in [1.29, 1.82) is 0 Å². The van der Waals surface area contributed by atoms with Crippen molar-refractivity contribution in [3.05, 3.63) is 35.4 Å². The summed E-state index contributed by atoms with van der Waals surface area (Å²) in [6.07, 6.45) is 0. The number of nitrogens with zero attached hydrogens (tertiary/aromatic N) is 1. The Morgan fingerprint density at radius 3 is 2.62 bits per heavy atom. The molecular formula is C15H20N2O3S. The minimum atomic E-state index is -0.945. The third kappa shape index (κ3) is 3.91. The van der Waals surface area contributed by atoms with Crippen molar-refractivity contribution in [2.75, 3.05) is 12.3 Å². The molecule has 0 aliphatic carbocycles. The molecule has 5 nitrogen and oxygen atoms in total. The molecule has 2 atom stereocenters. The van der Waals surface area contributed by atoms with Gasteiger partial charge in [-0.05, 0) is 24.6 Å². The van der Waals surface area contributed by atoms with Crippen molar-refractivity contribution in [3.63, 3.8) is 0 Å². The van der Waals surface area contributed by atoms with Crippen LogP contribution in [0.5, 0.6) is 0 Å². The largest absolute Gasteiger partial charge is 0.478 e. The van der Waals surface area contributed by atoms with Crippen LogP contribution in [0.4, 0.5) is 4.79 Å². The molecule has 1 aromatic carbocycles. The second-order valence-electron chi connectivity index (χ2n) is 5.17. The SMILES string of the molecule is CC1SCCN(C(=O)NCc2ccc(C(=O)O)cc2)C1C. The van der Waals surface area contributed by atoms with E-state index in [1.54, 1.807) is 24.3 Å². The molecule has 0 radical (unpaired) electrons. The summed E-state index contributed by atoms with van der Waals surface area (Å²) in [4.78, 5) is 24.9. The van der Waals surface area contributed by atoms with Crippen molar-refractivity contribution in [2.24, 2.45) is 0 Å². The van der Waals surface area contributed by atoms with Gasteiger partial charge >= 0.3 is 12.0 Å². The summed E-state index contributed by atoms with van der Waals surface area (Å²) >= 11 is 1.89. The van der Waals surface area contributed by atoms with E-state index in [1.807, 2.05) is 16.7 Å². The van der Waals surface area contributed by atoms with E-state index in [4.69, 9.17) is 5.11 Å².